The Morgan fingerprint density at radius 2 is 1.74 bits per heavy atom. The summed E-state index contributed by atoms with van der Waals surface area (Å²) in [6.07, 6.45) is -0.642. The number of carbonyl (C=O) groups excluding carboxylic acids is 1. The van der Waals surface area contributed by atoms with E-state index in [2.05, 4.69) is 5.32 Å². The van der Waals surface area contributed by atoms with Crippen molar-refractivity contribution in [3.05, 3.63) is 54.1 Å². The molecular formula is C18H19N3O2. The summed E-state index contributed by atoms with van der Waals surface area (Å²) >= 11 is 0. The lowest BCUT2D eigenvalue weighted by atomic mass is 10.2. The molecule has 1 unspecified atom stereocenters. The zero-order valence-electron chi connectivity index (χ0n) is 13.4. The molecule has 0 heterocycles. The van der Waals surface area contributed by atoms with Crippen LogP contribution < -0.4 is 15.0 Å². The van der Waals surface area contributed by atoms with Gasteiger partial charge in [0.1, 0.15) is 5.75 Å². The van der Waals surface area contributed by atoms with Crippen LogP contribution in [0.5, 0.6) is 5.75 Å². The summed E-state index contributed by atoms with van der Waals surface area (Å²) in [5.74, 6) is 0.321. The molecule has 2 aromatic rings. The van der Waals surface area contributed by atoms with Crippen LogP contribution in [-0.4, -0.2) is 26.1 Å². The van der Waals surface area contributed by atoms with E-state index in [9.17, 15) is 4.79 Å². The van der Waals surface area contributed by atoms with Gasteiger partial charge >= 0.3 is 0 Å². The van der Waals surface area contributed by atoms with Crippen LogP contribution in [0.1, 0.15) is 12.5 Å². The molecule has 2 rings (SSSR count). The fourth-order valence-electron chi connectivity index (χ4n) is 1.95. The maximum Gasteiger partial charge on any atom is 0.265 e. The molecule has 5 heteroatoms. The molecule has 1 amide bonds. The van der Waals surface area contributed by atoms with Crippen molar-refractivity contribution < 1.29 is 9.53 Å². The van der Waals surface area contributed by atoms with E-state index < -0.39 is 6.10 Å². The van der Waals surface area contributed by atoms with Crippen LogP contribution in [0.25, 0.3) is 0 Å². The van der Waals surface area contributed by atoms with E-state index in [-0.39, 0.29) is 5.91 Å². The first-order valence-electron chi connectivity index (χ1n) is 7.24. The predicted molar refractivity (Wildman–Crippen MR) is 90.6 cm³/mol. The maximum absolute atomic E-state index is 12.2. The van der Waals surface area contributed by atoms with Gasteiger partial charge in [0.05, 0.1) is 11.6 Å². The van der Waals surface area contributed by atoms with Crippen molar-refractivity contribution in [3.8, 4) is 11.8 Å². The van der Waals surface area contributed by atoms with E-state index in [1.165, 1.54) is 0 Å². The van der Waals surface area contributed by atoms with E-state index in [1.807, 2.05) is 49.3 Å². The van der Waals surface area contributed by atoms with Crippen LogP contribution in [-0.2, 0) is 4.79 Å². The third-order valence-electron chi connectivity index (χ3n) is 3.32. The van der Waals surface area contributed by atoms with Crippen molar-refractivity contribution in [1.82, 2.24) is 0 Å². The number of hydrogen-bond donors (Lipinski definition) is 1. The molecule has 0 spiro atoms. The summed E-state index contributed by atoms with van der Waals surface area (Å²) in [6.45, 7) is 1.68. The fourth-order valence-corrected chi connectivity index (χ4v) is 1.95. The van der Waals surface area contributed by atoms with Crippen molar-refractivity contribution in [1.29, 1.82) is 5.26 Å². The van der Waals surface area contributed by atoms with Gasteiger partial charge in [-0.2, -0.15) is 5.26 Å². The second kappa shape index (κ2) is 7.32. The third-order valence-corrected chi connectivity index (χ3v) is 3.32. The van der Waals surface area contributed by atoms with E-state index in [0.717, 1.165) is 11.4 Å². The fraction of sp³-hybridized carbons (Fsp3) is 0.222. The summed E-state index contributed by atoms with van der Waals surface area (Å²) in [5.41, 5.74) is 2.33. The summed E-state index contributed by atoms with van der Waals surface area (Å²) in [7, 11) is 3.92. The Labute approximate surface area is 136 Å². The van der Waals surface area contributed by atoms with Gasteiger partial charge in [0.2, 0.25) is 0 Å². The molecule has 1 atom stereocenters. The van der Waals surface area contributed by atoms with Gasteiger partial charge in [0, 0.05) is 25.5 Å². The summed E-state index contributed by atoms with van der Waals surface area (Å²) < 4.78 is 5.58. The topological polar surface area (TPSA) is 65.4 Å². The molecule has 118 valence electrons. The largest absolute Gasteiger partial charge is 0.481 e. The maximum atomic E-state index is 12.2. The number of nitriles is 1. The zero-order chi connectivity index (χ0) is 16.8. The van der Waals surface area contributed by atoms with E-state index in [4.69, 9.17) is 10.00 Å². The molecule has 23 heavy (non-hydrogen) atoms. The van der Waals surface area contributed by atoms with Gasteiger partial charge in [-0.05, 0) is 55.5 Å². The van der Waals surface area contributed by atoms with E-state index in [1.54, 1.807) is 31.2 Å². The molecule has 0 fully saturated rings. The number of amides is 1. The Kier molecular flexibility index (Phi) is 5.21. The highest BCUT2D eigenvalue weighted by atomic mass is 16.5. The lowest BCUT2D eigenvalue weighted by Crippen LogP contribution is -2.30. The SMILES string of the molecule is CC(Oc1ccc(C#N)cc1)C(=O)Nc1ccc(N(C)C)cc1. The molecule has 0 aliphatic rings. The Balaban J connectivity index is 1.95. The normalized spacial score (nSPS) is 11.2. The third kappa shape index (κ3) is 4.48. The van der Waals surface area contributed by atoms with Crippen LogP contribution in [0.4, 0.5) is 11.4 Å². The standard InChI is InChI=1S/C18H19N3O2/c1-13(23-17-10-4-14(12-19)5-11-17)18(22)20-15-6-8-16(9-7-15)21(2)3/h4-11,13H,1-3H3,(H,20,22). The first-order chi connectivity index (χ1) is 11.0. The predicted octanol–water partition coefficient (Wildman–Crippen LogP) is 3.03. The van der Waals surface area contributed by atoms with Crippen LogP contribution in [0.3, 0.4) is 0 Å². The Morgan fingerprint density at radius 1 is 1.13 bits per heavy atom. The number of nitrogens with one attached hydrogen (secondary N) is 1. The quantitative estimate of drug-likeness (QED) is 0.922. The molecule has 0 saturated heterocycles. The first kappa shape index (κ1) is 16.4. The molecule has 0 bridgehead atoms. The van der Waals surface area contributed by atoms with Crippen molar-refractivity contribution >= 4 is 17.3 Å². The number of anilines is 2. The highest BCUT2D eigenvalue weighted by Gasteiger charge is 2.15. The lowest BCUT2D eigenvalue weighted by molar-refractivity contribution is -0.122. The highest BCUT2D eigenvalue weighted by Crippen LogP contribution is 2.17. The molecule has 1 N–H and O–H groups in total. The minimum absolute atomic E-state index is 0.230. The number of hydrogen-bond acceptors (Lipinski definition) is 4. The Hall–Kier alpha value is -3.00. The van der Waals surface area contributed by atoms with Crippen LogP contribution in [0.15, 0.2) is 48.5 Å². The van der Waals surface area contributed by atoms with Crippen LogP contribution in [0, 0.1) is 11.3 Å². The van der Waals surface area contributed by atoms with Gasteiger partial charge in [-0.3, -0.25) is 4.79 Å². The molecule has 2 aromatic carbocycles. The number of nitrogens with zero attached hydrogens (tertiary/aromatic N) is 2. The second-order valence-electron chi connectivity index (χ2n) is 5.33. The van der Waals surface area contributed by atoms with Gasteiger partial charge in [-0.1, -0.05) is 0 Å². The Bertz CT molecular complexity index is 701. The number of ether oxygens (including phenoxy) is 1. The average Bonchev–Trinajstić information content (AvgIpc) is 2.56. The highest BCUT2D eigenvalue weighted by molar-refractivity contribution is 5.94. The molecular weight excluding hydrogens is 290 g/mol. The van der Waals surface area contributed by atoms with Crippen molar-refractivity contribution in [2.75, 3.05) is 24.3 Å². The van der Waals surface area contributed by atoms with Crippen LogP contribution >= 0.6 is 0 Å². The van der Waals surface area contributed by atoms with Crippen molar-refractivity contribution in [2.24, 2.45) is 0 Å². The monoisotopic (exact) mass is 309 g/mol. The molecule has 0 saturated carbocycles. The summed E-state index contributed by atoms with van der Waals surface area (Å²) in [5, 5.41) is 11.6. The molecule has 0 aromatic heterocycles. The number of carbonyl (C=O) groups is 1. The minimum Gasteiger partial charge on any atom is -0.481 e. The second-order valence-corrected chi connectivity index (χ2v) is 5.33. The zero-order valence-corrected chi connectivity index (χ0v) is 13.4. The number of benzene rings is 2. The molecule has 0 radical (unpaired) electrons. The van der Waals surface area contributed by atoms with Gasteiger partial charge in [0.15, 0.2) is 6.10 Å². The molecule has 5 nitrogen and oxygen atoms in total. The molecule has 0 aliphatic heterocycles. The van der Waals surface area contributed by atoms with Crippen molar-refractivity contribution in [2.45, 2.75) is 13.0 Å². The van der Waals surface area contributed by atoms with Gasteiger partial charge in [-0.15, -0.1) is 0 Å². The molecule has 0 aliphatic carbocycles. The van der Waals surface area contributed by atoms with Gasteiger partial charge < -0.3 is 15.0 Å². The lowest BCUT2D eigenvalue weighted by Gasteiger charge is -2.16. The van der Waals surface area contributed by atoms with Crippen LogP contribution in [0.2, 0.25) is 0 Å². The van der Waals surface area contributed by atoms with Gasteiger partial charge in [0.25, 0.3) is 5.91 Å². The van der Waals surface area contributed by atoms with Crippen molar-refractivity contribution in [3.63, 3.8) is 0 Å². The average molecular weight is 309 g/mol. The van der Waals surface area contributed by atoms with Gasteiger partial charge in [-0.25, -0.2) is 0 Å². The first-order valence-corrected chi connectivity index (χ1v) is 7.24. The minimum atomic E-state index is -0.642. The van der Waals surface area contributed by atoms with E-state index >= 15 is 0 Å². The van der Waals surface area contributed by atoms with E-state index in [0.29, 0.717) is 11.3 Å². The summed E-state index contributed by atoms with van der Waals surface area (Å²) in [6, 6.07) is 16.3. The number of rotatable bonds is 5. The Morgan fingerprint density at radius 3 is 2.26 bits per heavy atom. The summed E-state index contributed by atoms with van der Waals surface area (Å²) in [4.78, 5) is 14.1. The smallest absolute Gasteiger partial charge is 0.265 e.